The van der Waals surface area contributed by atoms with Crippen LogP contribution in [-0.2, 0) is 14.4 Å². The number of hydrogen-bond acceptors (Lipinski definition) is 4. The summed E-state index contributed by atoms with van der Waals surface area (Å²) in [6.45, 7) is 5.76. The molecule has 1 fully saturated rings. The first-order valence-corrected chi connectivity index (χ1v) is 8.22. The predicted octanol–water partition coefficient (Wildman–Crippen LogP) is 1.40. The third-order valence-electron chi connectivity index (χ3n) is 3.88. The Bertz CT molecular complexity index is 780. The molecule has 1 saturated heterocycles. The van der Waals surface area contributed by atoms with Crippen molar-refractivity contribution < 1.29 is 18.8 Å². The molecule has 0 saturated carbocycles. The van der Waals surface area contributed by atoms with Crippen molar-refractivity contribution in [1.29, 1.82) is 5.26 Å². The molecule has 1 unspecified atom stereocenters. The Labute approximate surface area is 151 Å². The lowest BCUT2D eigenvalue weighted by molar-refractivity contribution is -0.146. The summed E-state index contributed by atoms with van der Waals surface area (Å²) in [5.41, 5.74) is -0.377. The van der Waals surface area contributed by atoms with Gasteiger partial charge in [-0.2, -0.15) is 5.26 Å². The van der Waals surface area contributed by atoms with Crippen LogP contribution >= 0.6 is 0 Å². The van der Waals surface area contributed by atoms with E-state index in [4.69, 9.17) is 5.26 Å². The molecule has 1 aliphatic rings. The molecule has 1 aliphatic heterocycles. The molecule has 0 bridgehead atoms. The number of rotatable bonds is 2. The molecule has 2 N–H and O–H groups in total. The zero-order valence-corrected chi connectivity index (χ0v) is 14.9. The first kappa shape index (κ1) is 19.4. The van der Waals surface area contributed by atoms with Crippen molar-refractivity contribution in [2.24, 2.45) is 5.92 Å². The zero-order valence-electron chi connectivity index (χ0n) is 14.9. The lowest BCUT2D eigenvalue weighted by atomic mass is 10.1. The van der Waals surface area contributed by atoms with E-state index in [-0.39, 0.29) is 18.0 Å². The topological polar surface area (TPSA) is 102 Å². The van der Waals surface area contributed by atoms with Gasteiger partial charge in [-0.25, -0.2) is 4.39 Å². The van der Waals surface area contributed by atoms with Gasteiger partial charge in [0, 0.05) is 24.3 Å². The quantitative estimate of drug-likeness (QED) is 0.778. The van der Waals surface area contributed by atoms with Gasteiger partial charge in [-0.1, -0.05) is 0 Å². The second-order valence-electron chi connectivity index (χ2n) is 7.24. The zero-order chi connectivity index (χ0) is 19.5. The first-order valence-electron chi connectivity index (χ1n) is 8.22. The minimum Gasteiger partial charge on any atom is -0.343 e. The van der Waals surface area contributed by atoms with E-state index in [0.717, 1.165) is 6.07 Å². The smallest absolute Gasteiger partial charge is 0.311 e. The number of anilines is 1. The highest BCUT2D eigenvalue weighted by Crippen LogP contribution is 2.20. The normalized spacial score (nSPS) is 16.7. The molecule has 2 rings (SSSR count). The van der Waals surface area contributed by atoms with Crippen LogP contribution in [0.15, 0.2) is 18.2 Å². The van der Waals surface area contributed by atoms with Gasteiger partial charge in [0.15, 0.2) is 0 Å². The number of carbonyl (C=O) groups excluding carboxylic acids is 3. The van der Waals surface area contributed by atoms with Crippen molar-refractivity contribution in [3.63, 3.8) is 0 Å². The molecule has 138 valence electrons. The average Bonchev–Trinajstić information content (AvgIpc) is 3.04. The van der Waals surface area contributed by atoms with Gasteiger partial charge in [0.1, 0.15) is 11.9 Å². The van der Waals surface area contributed by atoms with E-state index >= 15 is 0 Å². The predicted molar refractivity (Wildman–Crippen MR) is 92.3 cm³/mol. The highest BCUT2D eigenvalue weighted by molar-refractivity contribution is 6.35. The van der Waals surface area contributed by atoms with E-state index in [1.807, 2.05) is 0 Å². The third kappa shape index (κ3) is 4.79. The van der Waals surface area contributed by atoms with Gasteiger partial charge in [0.2, 0.25) is 5.91 Å². The summed E-state index contributed by atoms with van der Waals surface area (Å²) in [6.07, 6.45) is 0.423. The molecule has 0 radical (unpaired) electrons. The molecule has 0 aromatic heterocycles. The van der Waals surface area contributed by atoms with Crippen LogP contribution in [0, 0.1) is 23.1 Å². The molecular formula is C18H21FN4O3. The van der Waals surface area contributed by atoms with E-state index in [0.29, 0.717) is 18.7 Å². The molecule has 1 aromatic rings. The molecule has 0 aliphatic carbocycles. The van der Waals surface area contributed by atoms with Crippen LogP contribution < -0.4 is 10.6 Å². The van der Waals surface area contributed by atoms with Crippen molar-refractivity contribution >= 4 is 23.4 Å². The summed E-state index contributed by atoms with van der Waals surface area (Å²) in [6, 6.07) is 5.43. The average molecular weight is 360 g/mol. The number of hydrogen-bond donors (Lipinski definition) is 2. The highest BCUT2D eigenvalue weighted by atomic mass is 19.1. The second-order valence-corrected chi connectivity index (χ2v) is 7.24. The molecule has 8 heteroatoms. The number of carbonyl (C=O) groups is 3. The van der Waals surface area contributed by atoms with Crippen LogP contribution in [0.1, 0.15) is 32.8 Å². The molecule has 0 spiro atoms. The van der Waals surface area contributed by atoms with Crippen LogP contribution in [-0.4, -0.2) is 41.2 Å². The minimum absolute atomic E-state index is 0.133. The Kier molecular flexibility index (Phi) is 5.60. The van der Waals surface area contributed by atoms with E-state index in [9.17, 15) is 18.8 Å². The maximum Gasteiger partial charge on any atom is 0.311 e. The van der Waals surface area contributed by atoms with Gasteiger partial charge in [0.05, 0.1) is 11.5 Å². The second kappa shape index (κ2) is 7.52. The summed E-state index contributed by atoms with van der Waals surface area (Å²) in [5.74, 6) is -2.84. The van der Waals surface area contributed by atoms with Gasteiger partial charge in [-0.3, -0.25) is 14.4 Å². The fourth-order valence-electron chi connectivity index (χ4n) is 2.63. The van der Waals surface area contributed by atoms with E-state index < -0.39 is 29.1 Å². The van der Waals surface area contributed by atoms with Crippen molar-refractivity contribution in [3.05, 3.63) is 29.6 Å². The minimum atomic E-state index is -0.698. The van der Waals surface area contributed by atoms with E-state index in [1.54, 1.807) is 26.8 Å². The van der Waals surface area contributed by atoms with Crippen molar-refractivity contribution in [2.45, 2.75) is 32.7 Å². The van der Waals surface area contributed by atoms with Crippen LogP contribution in [0.4, 0.5) is 10.1 Å². The number of nitriles is 1. The van der Waals surface area contributed by atoms with Gasteiger partial charge < -0.3 is 15.5 Å². The van der Waals surface area contributed by atoms with Gasteiger partial charge >= 0.3 is 11.8 Å². The largest absolute Gasteiger partial charge is 0.343 e. The SMILES string of the molecule is CC(C)(C)NC(=O)C(=O)N1CCC(C(=O)Nc2ccc(F)c(C#N)c2)C1. The lowest BCUT2D eigenvalue weighted by Crippen LogP contribution is -2.49. The number of halogens is 1. The molecule has 26 heavy (non-hydrogen) atoms. The first-order chi connectivity index (χ1) is 12.1. The number of nitrogens with zero attached hydrogens (tertiary/aromatic N) is 2. The van der Waals surface area contributed by atoms with Crippen molar-refractivity contribution in [3.8, 4) is 6.07 Å². The van der Waals surface area contributed by atoms with Crippen LogP contribution in [0.5, 0.6) is 0 Å². The Morgan fingerprint density at radius 1 is 1.31 bits per heavy atom. The summed E-state index contributed by atoms with van der Waals surface area (Å²) in [7, 11) is 0. The van der Waals surface area contributed by atoms with Crippen LogP contribution in [0.2, 0.25) is 0 Å². The third-order valence-corrected chi connectivity index (χ3v) is 3.88. The van der Waals surface area contributed by atoms with Gasteiger partial charge in [0.25, 0.3) is 0 Å². The fourth-order valence-corrected chi connectivity index (χ4v) is 2.63. The number of amides is 3. The lowest BCUT2D eigenvalue weighted by Gasteiger charge is -2.22. The standard InChI is InChI=1S/C18H21FN4O3/c1-18(2,3)22-16(25)17(26)23-7-6-11(10-23)15(24)21-13-4-5-14(19)12(8-13)9-20/h4-5,8,11H,6-7,10H2,1-3H3,(H,21,24)(H,22,25). The van der Waals surface area contributed by atoms with Crippen LogP contribution in [0.3, 0.4) is 0 Å². The maximum absolute atomic E-state index is 13.3. The Hall–Kier alpha value is -2.95. The maximum atomic E-state index is 13.3. The Balaban J connectivity index is 1.96. The molecular weight excluding hydrogens is 339 g/mol. The molecule has 1 aromatic carbocycles. The highest BCUT2D eigenvalue weighted by Gasteiger charge is 2.34. The summed E-state index contributed by atoms with van der Waals surface area (Å²) < 4.78 is 13.3. The van der Waals surface area contributed by atoms with E-state index in [2.05, 4.69) is 10.6 Å². The number of likely N-dealkylation sites (tertiary alicyclic amines) is 1. The van der Waals surface area contributed by atoms with Gasteiger partial charge in [-0.05, 0) is 45.4 Å². The van der Waals surface area contributed by atoms with Crippen LogP contribution in [0.25, 0.3) is 0 Å². The Morgan fingerprint density at radius 2 is 2.00 bits per heavy atom. The number of benzene rings is 1. The monoisotopic (exact) mass is 360 g/mol. The summed E-state index contributed by atoms with van der Waals surface area (Å²) in [4.78, 5) is 37.8. The Morgan fingerprint density at radius 3 is 2.62 bits per heavy atom. The van der Waals surface area contributed by atoms with Crippen molar-refractivity contribution in [1.82, 2.24) is 10.2 Å². The molecule has 1 heterocycles. The van der Waals surface area contributed by atoms with E-state index in [1.165, 1.54) is 17.0 Å². The molecule has 3 amide bonds. The summed E-state index contributed by atoms with van der Waals surface area (Å²) in [5, 5.41) is 14.1. The summed E-state index contributed by atoms with van der Waals surface area (Å²) >= 11 is 0. The fraction of sp³-hybridized carbons (Fsp3) is 0.444. The van der Waals surface area contributed by atoms with Gasteiger partial charge in [-0.15, -0.1) is 0 Å². The van der Waals surface area contributed by atoms with Crippen molar-refractivity contribution in [2.75, 3.05) is 18.4 Å². The molecule has 1 atom stereocenters. The number of nitrogens with one attached hydrogen (secondary N) is 2. The molecule has 7 nitrogen and oxygen atoms in total.